The third kappa shape index (κ3) is 3.45. The number of pyridine rings is 1. The highest BCUT2D eigenvalue weighted by atomic mass is 32.2. The van der Waals surface area contributed by atoms with Gasteiger partial charge in [0, 0.05) is 24.6 Å². The molecule has 0 unspecified atom stereocenters. The van der Waals surface area contributed by atoms with Crippen molar-refractivity contribution in [2.24, 2.45) is 0 Å². The van der Waals surface area contributed by atoms with Gasteiger partial charge in [-0.05, 0) is 31.4 Å². The molecule has 0 aromatic carbocycles. The molecule has 9 heteroatoms. The summed E-state index contributed by atoms with van der Waals surface area (Å²) in [6, 6.07) is 5.27. The van der Waals surface area contributed by atoms with Crippen LogP contribution in [-0.2, 0) is 17.0 Å². The van der Waals surface area contributed by atoms with Crippen LogP contribution in [-0.4, -0.2) is 36.9 Å². The highest BCUT2D eigenvalue weighted by Crippen LogP contribution is 2.20. The van der Waals surface area contributed by atoms with Crippen molar-refractivity contribution in [3.63, 3.8) is 0 Å². The van der Waals surface area contributed by atoms with Crippen LogP contribution in [0.2, 0.25) is 0 Å². The molecule has 0 aliphatic carbocycles. The zero-order chi connectivity index (χ0) is 18.1. The Morgan fingerprint density at radius 2 is 2.27 bits per heavy atom. The molecule has 0 radical (unpaired) electrons. The molecule has 4 rings (SSSR count). The van der Waals surface area contributed by atoms with E-state index in [2.05, 4.69) is 15.2 Å². The fourth-order valence-electron chi connectivity index (χ4n) is 3.04. The molecule has 4 heterocycles. The number of ether oxygens (including phenoxy) is 1. The molecule has 1 atom stereocenters. The minimum atomic E-state index is -0.245. The van der Waals surface area contributed by atoms with Gasteiger partial charge in [0.15, 0.2) is 5.16 Å². The summed E-state index contributed by atoms with van der Waals surface area (Å²) in [7, 11) is 0. The van der Waals surface area contributed by atoms with Crippen molar-refractivity contribution < 1.29 is 4.74 Å². The summed E-state index contributed by atoms with van der Waals surface area (Å²) in [5.41, 5.74) is 1.90. The van der Waals surface area contributed by atoms with Crippen molar-refractivity contribution in [1.82, 2.24) is 24.1 Å². The Morgan fingerprint density at radius 3 is 3.08 bits per heavy atom. The summed E-state index contributed by atoms with van der Waals surface area (Å²) in [5, 5.41) is 7.16. The molecule has 1 saturated heterocycles. The molecule has 3 aromatic heterocycles. The first-order valence-corrected chi connectivity index (χ1v) is 9.47. The summed E-state index contributed by atoms with van der Waals surface area (Å²) < 4.78 is 8.73. The molecule has 1 aliphatic rings. The van der Waals surface area contributed by atoms with Gasteiger partial charge in [0.25, 0.3) is 5.56 Å². The number of hydrogen-bond donors (Lipinski definition) is 1. The predicted octanol–water partition coefficient (Wildman–Crippen LogP) is 1.36. The molecule has 0 spiro atoms. The number of aromatic amines is 1. The van der Waals surface area contributed by atoms with E-state index < -0.39 is 0 Å². The van der Waals surface area contributed by atoms with Crippen LogP contribution in [0.25, 0.3) is 5.65 Å². The van der Waals surface area contributed by atoms with E-state index in [0.717, 1.165) is 25.0 Å². The lowest BCUT2D eigenvalue weighted by Crippen LogP contribution is -2.25. The summed E-state index contributed by atoms with van der Waals surface area (Å²) >= 11 is 1.38. The second-order valence-corrected chi connectivity index (χ2v) is 7.31. The SMILES string of the molecule is Cc1ccc2nc(CSc3n[nH]c(=O)n3C[C@H]3CCCO3)cc(=O)n2c1. The van der Waals surface area contributed by atoms with Crippen LogP contribution in [0.3, 0.4) is 0 Å². The first-order valence-electron chi connectivity index (χ1n) is 8.49. The van der Waals surface area contributed by atoms with Gasteiger partial charge in [-0.15, -0.1) is 5.10 Å². The van der Waals surface area contributed by atoms with E-state index in [-0.39, 0.29) is 17.4 Å². The maximum absolute atomic E-state index is 12.3. The number of H-pyrrole nitrogens is 1. The average Bonchev–Trinajstić information content (AvgIpc) is 3.25. The normalized spacial score (nSPS) is 17.2. The predicted molar refractivity (Wildman–Crippen MR) is 97.6 cm³/mol. The summed E-state index contributed by atoms with van der Waals surface area (Å²) in [6.45, 7) is 3.16. The second-order valence-electron chi connectivity index (χ2n) is 6.37. The lowest BCUT2D eigenvalue weighted by molar-refractivity contribution is 0.0941. The van der Waals surface area contributed by atoms with Gasteiger partial charge in [-0.3, -0.25) is 13.8 Å². The maximum atomic E-state index is 12.3. The number of rotatable bonds is 5. The van der Waals surface area contributed by atoms with E-state index in [9.17, 15) is 9.59 Å². The maximum Gasteiger partial charge on any atom is 0.344 e. The topological polar surface area (TPSA) is 94.3 Å². The van der Waals surface area contributed by atoms with Crippen LogP contribution in [0.15, 0.2) is 39.1 Å². The molecule has 0 amide bonds. The standard InChI is InChI=1S/C17H19N5O3S/c1-11-4-5-14-18-12(7-15(23)21(14)8-11)10-26-17-20-19-16(24)22(17)9-13-3-2-6-25-13/h4-5,7-8,13H,2-3,6,9-10H2,1H3,(H,19,24)/t13-/m1/s1. The first-order chi connectivity index (χ1) is 12.6. The third-order valence-electron chi connectivity index (χ3n) is 4.34. The number of nitrogens with one attached hydrogen (secondary N) is 1. The van der Waals surface area contributed by atoms with E-state index in [0.29, 0.717) is 28.8 Å². The summed E-state index contributed by atoms with van der Waals surface area (Å²) in [5.74, 6) is 0.454. The number of nitrogens with zero attached hydrogens (tertiary/aromatic N) is 4. The van der Waals surface area contributed by atoms with Crippen molar-refractivity contribution in [2.75, 3.05) is 6.61 Å². The Morgan fingerprint density at radius 1 is 1.38 bits per heavy atom. The molecule has 3 aromatic rings. The van der Waals surface area contributed by atoms with E-state index >= 15 is 0 Å². The Hall–Kier alpha value is -2.39. The van der Waals surface area contributed by atoms with Crippen molar-refractivity contribution in [3.05, 3.63) is 56.5 Å². The molecule has 8 nitrogen and oxygen atoms in total. The van der Waals surface area contributed by atoms with Crippen molar-refractivity contribution in [3.8, 4) is 0 Å². The zero-order valence-electron chi connectivity index (χ0n) is 14.3. The van der Waals surface area contributed by atoms with Crippen LogP contribution in [0.4, 0.5) is 0 Å². The van der Waals surface area contributed by atoms with Gasteiger partial charge < -0.3 is 4.74 Å². The quantitative estimate of drug-likeness (QED) is 0.679. The highest BCUT2D eigenvalue weighted by Gasteiger charge is 2.19. The summed E-state index contributed by atoms with van der Waals surface area (Å²) in [6.07, 6.45) is 3.79. The highest BCUT2D eigenvalue weighted by molar-refractivity contribution is 7.98. The van der Waals surface area contributed by atoms with E-state index in [4.69, 9.17) is 4.74 Å². The van der Waals surface area contributed by atoms with Crippen LogP contribution in [0.1, 0.15) is 24.1 Å². The molecule has 1 N–H and O–H groups in total. The van der Waals surface area contributed by atoms with Gasteiger partial charge in [0.2, 0.25) is 0 Å². The fraction of sp³-hybridized carbons (Fsp3) is 0.412. The zero-order valence-corrected chi connectivity index (χ0v) is 15.2. The van der Waals surface area contributed by atoms with Crippen molar-refractivity contribution in [2.45, 2.75) is 43.3 Å². The lowest BCUT2D eigenvalue weighted by atomic mass is 10.2. The van der Waals surface area contributed by atoms with Gasteiger partial charge in [-0.25, -0.2) is 14.9 Å². The van der Waals surface area contributed by atoms with Gasteiger partial charge in [-0.2, -0.15) is 0 Å². The molecular weight excluding hydrogens is 354 g/mol. The number of aromatic nitrogens is 5. The molecule has 26 heavy (non-hydrogen) atoms. The lowest BCUT2D eigenvalue weighted by Gasteiger charge is -2.11. The van der Waals surface area contributed by atoms with Crippen LogP contribution >= 0.6 is 11.8 Å². The molecule has 136 valence electrons. The first kappa shape index (κ1) is 17.0. The average molecular weight is 373 g/mol. The van der Waals surface area contributed by atoms with E-state index in [1.807, 2.05) is 19.1 Å². The van der Waals surface area contributed by atoms with Gasteiger partial charge in [-0.1, -0.05) is 17.8 Å². The van der Waals surface area contributed by atoms with Crippen LogP contribution in [0, 0.1) is 6.92 Å². The minimum absolute atomic E-state index is 0.0522. The van der Waals surface area contributed by atoms with Gasteiger partial charge in [0.05, 0.1) is 18.3 Å². The minimum Gasteiger partial charge on any atom is -0.376 e. The monoisotopic (exact) mass is 373 g/mol. The van der Waals surface area contributed by atoms with Crippen LogP contribution in [0.5, 0.6) is 0 Å². The Labute approximate surface area is 153 Å². The third-order valence-corrected chi connectivity index (χ3v) is 5.35. The molecule has 1 aliphatic heterocycles. The van der Waals surface area contributed by atoms with Gasteiger partial charge >= 0.3 is 5.69 Å². The number of aryl methyl sites for hydroxylation is 1. The van der Waals surface area contributed by atoms with Crippen molar-refractivity contribution >= 4 is 17.4 Å². The molecule has 0 bridgehead atoms. The fourth-order valence-corrected chi connectivity index (χ4v) is 3.89. The smallest absolute Gasteiger partial charge is 0.344 e. The van der Waals surface area contributed by atoms with Gasteiger partial charge in [0.1, 0.15) is 5.65 Å². The summed E-state index contributed by atoms with van der Waals surface area (Å²) in [4.78, 5) is 28.8. The second kappa shape index (κ2) is 7.08. The Balaban J connectivity index is 1.54. The van der Waals surface area contributed by atoms with Crippen LogP contribution < -0.4 is 11.2 Å². The Bertz CT molecular complexity index is 1050. The number of hydrogen-bond acceptors (Lipinski definition) is 6. The molecule has 1 fully saturated rings. The number of fused-ring (bicyclic) bond motifs is 1. The Kier molecular flexibility index (Phi) is 4.64. The molecule has 0 saturated carbocycles. The van der Waals surface area contributed by atoms with E-state index in [1.54, 1.807) is 10.8 Å². The van der Waals surface area contributed by atoms with Crippen molar-refractivity contribution in [1.29, 1.82) is 0 Å². The number of thioether (sulfide) groups is 1. The molecular formula is C17H19N5O3S. The van der Waals surface area contributed by atoms with E-state index in [1.165, 1.54) is 22.2 Å². The largest absolute Gasteiger partial charge is 0.376 e.